The molecule has 2 rings (SSSR count). The monoisotopic (exact) mass is 299 g/mol. The largest absolute Gasteiger partial charge is 0.314 e. The Labute approximate surface area is 121 Å². The summed E-state index contributed by atoms with van der Waals surface area (Å²) in [5, 5.41) is 7.71. The van der Waals surface area contributed by atoms with Crippen molar-refractivity contribution in [1.82, 2.24) is 15.1 Å². The van der Waals surface area contributed by atoms with Crippen molar-refractivity contribution in [3.05, 3.63) is 18.0 Å². The zero-order chi connectivity index (χ0) is 14.6. The predicted octanol–water partition coefficient (Wildman–Crippen LogP) is 1.16. The van der Waals surface area contributed by atoms with Gasteiger partial charge in [0.05, 0.1) is 11.5 Å². The minimum atomic E-state index is -2.80. The number of nitrogens with zero attached hydrogens (tertiary/aromatic N) is 2. The van der Waals surface area contributed by atoms with E-state index in [2.05, 4.69) is 17.3 Å². The lowest BCUT2D eigenvalue weighted by molar-refractivity contribution is 0.359. The fourth-order valence-corrected chi connectivity index (χ4v) is 4.81. The van der Waals surface area contributed by atoms with Gasteiger partial charge in [0.2, 0.25) is 0 Å². The van der Waals surface area contributed by atoms with E-state index < -0.39 is 9.84 Å². The van der Waals surface area contributed by atoms with Crippen LogP contribution >= 0.6 is 0 Å². The van der Waals surface area contributed by atoms with Gasteiger partial charge in [-0.05, 0) is 44.2 Å². The Morgan fingerprint density at radius 3 is 2.90 bits per heavy atom. The highest BCUT2D eigenvalue weighted by Crippen LogP contribution is 2.24. The fraction of sp³-hybridized carbons (Fsp3) is 0.786. The van der Waals surface area contributed by atoms with E-state index in [4.69, 9.17) is 0 Å². The molecule has 1 aliphatic heterocycles. The smallest absolute Gasteiger partial charge is 0.150 e. The van der Waals surface area contributed by atoms with Crippen LogP contribution in [0.1, 0.15) is 31.9 Å². The Kier molecular flexibility index (Phi) is 5.21. The molecule has 0 aliphatic carbocycles. The highest BCUT2D eigenvalue weighted by molar-refractivity contribution is 7.91. The Hall–Kier alpha value is -0.880. The maximum atomic E-state index is 11.7. The van der Waals surface area contributed by atoms with Crippen LogP contribution in [-0.2, 0) is 23.3 Å². The second-order valence-electron chi connectivity index (χ2n) is 5.71. The van der Waals surface area contributed by atoms with Crippen LogP contribution in [0.4, 0.5) is 0 Å². The van der Waals surface area contributed by atoms with Gasteiger partial charge in [-0.2, -0.15) is 5.10 Å². The van der Waals surface area contributed by atoms with Gasteiger partial charge in [0.25, 0.3) is 0 Å². The summed E-state index contributed by atoms with van der Waals surface area (Å²) in [5.41, 5.74) is 1.20. The molecule has 0 saturated carbocycles. The van der Waals surface area contributed by atoms with Gasteiger partial charge in [0.15, 0.2) is 9.84 Å². The van der Waals surface area contributed by atoms with Crippen LogP contribution in [0.25, 0.3) is 0 Å². The van der Waals surface area contributed by atoms with Gasteiger partial charge in [0.1, 0.15) is 0 Å². The average Bonchev–Trinajstić information content (AvgIpc) is 2.96. The van der Waals surface area contributed by atoms with Gasteiger partial charge < -0.3 is 5.32 Å². The molecule has 1 aromatic rings. The number of aromatic nitrogens is 2. The van der Waals surface area contributed by atoms with Crippen molar-refractivity contribution in [2.75, 3.05) is 18.1 Å². The lowest BCUT2D eigenvalue weighted by atomic mass is 9.94. The first-order valence-electron chi connectivity index (χ1n) is 7.42. The van der Waals surface area contributed by atoms with E-state index in [1.165, 1.54) is 5.69 Å². The maximum Gasteiger partial charge on any atom is 0.150 e. The Bertz CT molecular complexity index is 524. The van der Waals surface area contributed by atoms with Crippen molar-refractivity contribution in [3.8, 4) is 0 Å². The van der Waals surface area contributed by atoms with Crippen LogP contribution in [0.15, 0.2) is 12.3 Å². The molecule has 1 aromatic heterocycles. The SMILES string of the molecule is CCCNC(CCc1ccnn1C)C1CCS(=O)(=O)C1. The minimum Gasteiger partial charge on any atom is -0.314 e. The molecule has 114 valence electrons. The van der Waals surface area contributed by atoms with Crippen molar-refractivity contribution in [2.45, 2.75) is 38.6 Å². The molecule has 5 nitrogen and oxygen atoms in total. The van der Waals surface area contributed by atoms with E-state index >= 15 is 0 Å². The van der Waals surface area contributed by atoms with Crippen LogP contribution in [0.5, 0.6) is 0 Å². The third kappa shape index (κ3) is 4.06. The summed E-state index contributed by atoms with van der Waals surface area (Å²) in [6.07, 6.45) is 5.59. The van der Waals surface area contributed by atoms with Crippen molar-refractivity contribution in [2.24, 2.45) is 13.0 Å². The normalized spacial score (nSPS) is 23.0. The van der Waals surface area contributed by atoms with Crippen molar-refractivity contribution < 1.29 is 8.42 Å². The van der Waals surface area contributed by atoms with E-state index in [1.54, 1.807) is 0 Å². The van der Waals surface area contributed by atoms with Gasteiger partial charge in [-0.25, -0.2) is 8.42 Å². The molecule has 2 heterocycles. The number of rotatable bonds is 7. The van der Waals surface area contributed by atoms with E-state index in [0.29, 0.717) is 17.5 Å². The van der Waals surface area contributed by atoms with E-state index in [9.17, 15) is 8.42 Å². The Morgan fingerprint density at radius 1 is 1.55 bits per heavy atom. The molecule has 0 bridgehead atoms. The minimum absolute atomic E-state index is 0.264. The van der Waals surface area contributed by atoms with E-state index in [1.807, 2.05) is 24.0 Å². The van der Waals surface area contributed by atoms with Gasteiger partial charge >= 0.3 is 0 Å². The molecular formula is C14H25N3O2S. The van der Waals surface area contributed by atoms with Crippen LogP contribution in [0, 0.1) is 5.92 Å². The quantitative estimate of drug-likeness (QED) is 0.820. The molecule has 1 N–H and O–H groups in total. The summed E-state index contributed by atoms with van der Waals surface area (Å²) in [4.78, 5) is 0. The second kappa shape index (κ2) is 6.72. The molecule has 0 amide bonds. The summed E-state index contributed by atoms with van der Waals surface area (Å²) < 4.78 is 25.2. The summed E-state index contributed by atoms with van der Waals surface area (Å²) in [7, 11) is -0.855. The summed E-state index contributed by atoms with van der Waals surface area (Å²) in [6, 6.07) is 2.32. The molecular weight excluding hydrogens is 274 g/mol. The molecule has 2 atom stereocenters. The van der Waals surface area contributed by atoms with Gasteiger partial charge in [-0.1, -0.05) is 6.92 Å². The standard InChI is InChI=1S/C14H25N3O2S/c1-3-8-15-14(12-7-10-20(18,19)11-12)5-4-13-6-9-16-17(13)2/h6,9,12,14-15H,3-5,7-8,10-11H2,1-2H3. The van der Waals surface area contributed by atoms with Gasteiger partial charge in [0, 0.05) is 25.0 Å². The summed E-state index contributed by atoms with van der Waals surface area (Å²) in [6.45, 7) is 3.09. The predicted molar refractivity (Wildman–Crippen MR) is 80.4 cm³/mol. The number of aryl methyl sites for hydroxylation is 2. The maximum absolute atomic E-state index is 11.7. The molecule has 0 aromatic carbocycles. The van der Waals surface area contributed by atoms with Crippen molar-refractivity contribution in [3.63, 3.8) is 0 Å². The van der Waals surface area contributed by atoms with Gasteiger partial charge in [-0.15, -0.1) is 0 Å². The van der Waals surface area contributed by atoms with Crippen LogP contribution < -0.4 is 5.32 Å². The first-order valence-corrected chi connectivity index (χ1v) is 9.24. The topological polar surface area (TPSA) is 64.0 Å². The molecule has 1 aliphatic rings. The van der Waals surface area contributed by atoms with Crippen LogP contribution in [0.3, 0.4) is 0 Å². The second-order valence-corrected chi connectivity index (χ2v) is 7.94. The molecule has 6 heteroatoms. The lowest BCUT2D eigenvalue weighted by Crippen LogP contribution is -2.38. The molecule has 20 heavy (non-hydrogen) atoms. The molecule has 0 radical (unpaired) electrons. The lowest BCUT2D eigenvalue weighted by Gasteiger charge is -2.24. The number of hydrogen-bond donors (Lipinski definition) is 1. The fourth-order valence-electron chi connectivity index (χ4n) is 2.93. The zero-order valence-electron chi connectivity index (χ0n) is 12.4. The van der Waals surface area contributed by atoms with Crippen molar-refractivity contribution >= 4 is 9.84 Å². The number of nitrogens with one attached hydrogen (secondary N) is 1. The number of sulfone groups is 1. The number of hydrogen-bond acceptors (Lipinski definition) is 4. The van der Waals surface area contributed by atoms with Crippen LogP contribution in [-0.4, -0.2) is 42.3 Å². The van der Waals surface area contributed by atoms with E-state index in [-0.39, 0.29) is 5.92 Å². The third-order valence-electron chi connectivity index (χ3n) is 4.13. The Balaban J connectivity index is 1.95. The Morgan fingerprint density at radius 2 is 2.35 bits per heavy atom. The third-order valence-corrected chi connectivity index (χ3v) is 5.92. The molecule has 0 spiro atoms. The summed E-state index contributed by atoms with van der Waals surface area (Å²) >= 11 is 0. The average molecular weight is 299 g/mol. The molecule has 1 saturated heterocycles. The first kappa shape index (κ1) is 15.5. The van der Waals surface area contributed by atoms with Crippen LogP contribution in [0.2, 0.25) is 0 Å². The summed E-state index contributed by atoms with van der Waals surface area (Å²) in [5.74, 6) is 0.966. The van der Waals surface area contributed by atoms with E-state index in [0.717, 1.165) is 32.2 Å². The molecule has 2 unspecified atom stereocenters. The van der Waals surface area contributed by atoms with Gasteiger partial charge in [-0.3, -0.25) is 4.68 Å². The van der Waals surface area contributed by atoms with Crippen molar-refractivity contribution in [1.29, 1.82) is 0 Å². The highest BCUT2D eigenvalue weighted by Gasteiger charge is 2.33. The zero-order valence-corrected chi connectivity index (χ0v) is 13.2. The highest BCUT2D eigenvalue weighted by atomic mass is 32.2. The first-order chi connectivity index (χ1) is 9.52. The molecule has 1 fully saturated rings.